The highest BCUT2D eigenvalue weighted by atomic mass is 15.3. The van der Waals surface area contributed by atoms with Crippen LogP contribution in [0.15, 0.2) is 22.3 Å². The fraction of sp³-hybridized carbons (Fsp3) is 0.200. The van der Waals surface area contributed by atoms with Crippen LogP contribution >= 0.6 is 0 Å². The van der Waals surface area contributed by atoms with Crippen LogP contribution in [-0.4, -0.2) is 11.7 Å². The van der Waals surface area contributed by atoms with Crippen molar-refractivity contribution < 1.29 is 0 Å². The summed E-state index contributed by atoms with van der Waals surface area (Å²) in [6.07, 6.45) is 0. The lowest BCUT2D eigenvalue weighted by molar-refractivity contribution is 1.03. The van der Waals surface area contributed by atoms with Gasteiger partial charge in [0.2, 0.25) is 0 Å². The summed E-state index contributed by atoms with van der Waals surface area (Å²) in [5.41, 5.74) is 2.97. The first kappa shape index (κ1) is 5.97. The smallest absolute Gasteiger partial charge is 0.167 e. The van der Waals surface area contributed by atoms with Crippen molar-refractivity contribution in [3.63, 3.8) is 0 Å². The Balaban J connectivity index is 2.83. The molecule has 0 amide bonds. The zero-order chi connectivity index (χ0) is 6.85. The molecule has 0 aromatic heterocycles. The van der Waals surface area contributed by atoms with Gasteiger partial charge in [-0.1, -0.05) is 6.58 Å². The van der Waals surface area contributed by atoms with Crippen LogP contribution in [0.3, 0.4) is 0 Å². The number of hydrogen-bond acceptors (Lipinski definition) is 4. The molecule has 48 valence electrons. The van der Waals surface area contributed by atoms with Gasteiger partial charge in [-0.3, -0.25) is 0 Å². The molecule has 0 spiro atoms. The summed E-state index contributed by atoms with van der Waals surface area (Å²) in [4.78, 5) is 7.84. The van der Waals surface area contributed by atoms with E-state index in [0.717, 1.165) is 0 Å². The summed E-state index contributed by atoms with van der Waals surface area (Å²) in [5, 5.41) is 0. The lowest BCUT2D eigenvalue weighted by Crippen LogP contribution is -2.29. The van der Waals surface area contributed by atoms with Gasteiger partial charge in [-0.2, -0.15) is 0 Å². The zero-order valence-corrected chi connectivity index (χ0v) is 5.18. The molecule has 1 aliphatic rings. The van der Waals surface area contributed by atoms with Crippen molar-refractivity contribution in [2.24, 2.45) is 15.8 Å². The van der Waals surface area contributed by atoms with Crippen LogP contribution in [0.1, 0.15) is 6.92 Å². The molecule has 0 aromatic carbocycles. The summed E-state index contributed by atoms with van der Waals surface area (Å²) >= 11 is 0. The van der Waals surface area contributed by atoms with E-state index < -0.39 is 0 Å². The second-order valence-electron chi connectivity index (χ2n) is 1.71. The van der Waals surface area contributed by atoms with Crippen molar-refractivity contribution in [3.8, 4) is 0 Å². The van der Waals surface area contributed by atoms with Crippen molar-refractivity contribution in [1.29, 1.82) is 0 Å². The quantitative estimate of drug-likeness (QED) is 0.347. The highest BCUT2D eigenvalue weighted by Gasteiger charge is 2.08. The predicted molar refractivity (Wildman–Crippen MR) is 37.0 cm³/mol. The van der Waals surface area contributed by atoms with E-state index >= 15 is 0 Å². The largest absolute Gasteiger partial charge is 0.307 e. The van der Waals surface area contributed by atoms with Gasteiger partial charge in [0.1, 0.15) is 11.5 Å². The first-order chi connectivity index (χ1) is 4.24. The molecule has 1 rings (SSSR count). The van der Waals surface area contributed by atoms with E-state index in [1.807, 2.05) is 0 Å². The van der Waals surface area contributed by atoms with Crippen LogP contribution < -0.4 is 11.3 Å². The Labute approximate surface area is 53.2 Å². The SMILES string of the molecule is C=C1N=C(C)N=C1NN. The maximum absolute atomic E-state index is 5.07. The molecule has 0 unspecified atom stereocenters. The van der Waals surface area contributed by atoms with E-state index in [0.29, 0.717) is 17.4 Å². The van der Waals surface area contributed by atoms with Crippen molar-refractivity contribution in [3.05, 3.63) is 12.3 Å². The highest BCUT2D eigenvalue weighted by Crippen LogP contribution is 2.03. The molecule has 0 saturated carbocycles. The normalized spacial score (nSPS) is 17.3. The van der Waals surface area contributed by atoms with E-state index in [1.165, 1.54) is 0 Å². The van der Waals surface area contributed by atoms with Crippen LogP contribution in [0.2, 0.25) is 0 Å². The summed E-state index contributed by atoms with van der Waals surface area (Å²) < 4.78 is 0. The minimum absolute atomic E-state index is 0.549. The Morgan fingerprint density at radius 3 is 2.44 bits per heavy atom. The minimum Gasteiger partial charge on any atom is -0.307 e. The third-order valence-corrected chi connectivity index (χ3v) is 0.980. The Bertz CT molecular complexity index is 201. The minimum atomic E-state index is 0.549. The standard InChI is InChI=1S/C5H8N4/c1-3-5(9-6)8-4(2)7-3/h1,6H2,2H3,(H,7,8,9). The van der Waals surface area contributed by atoms with Gasteiger partial charge in [-0.15, -0.1) is 0 Å². The molecular weight excluding hydrogens is 116 g/mol. The maximum Gasteiger partial charge on any atom is 0.167 e. The number of amidine groups is 2. The fourth-order valence-electron chi connectivity index (χ4n) is 0.615. The second kappa shape index (κ2) is 1.99. The van der Waals surface area contributed by atoms with Gasteiger partial charge in [0, 0.05) is 0 Å². The van der Waals surface area contributed by atoms with Crippen LogP contribution in [-0.2, 0) is 0 Å². The molecule has 9 heavy (non-hydrogen) atoms. The first-order valence-corrected chi connectivity index (χ1v) is 2.54. The lowest BCUT2D eigenvalue weighted by Gasteiger charge is -1.94. The van der Waals surface area contributed by atoms with Gasteiger partial charge in [0.05, 0.1) is 0 Å². The number of rotatable bonds is 0. The van der Waals surface area contributed by atoms with E-state index in [1.54, 1.807) is 6.92 Å². The lowest BCUT2D eigenvalue weighted by atomic mass is 10.5. The van der Waals surface area contributed by atoms with E-state index in [9.17, 15) is 0 Å². The Hall–Kier alpha value is -1.16. The molecule has 0 bridgehead atoms. The summed E-state index contributed by atoms with van der Waals surface area (Å²) in [7, 11) is 0. The summed E-state index contributed by atoms with van der Waals surface area (Å²) in [6.45, 7) is 5.38. The molecule has 0 aromatic rings. The zero-order valence-electron chi connectivity index (χ0n) is 5.18. The van der Waals surface area contributed by atoms with E-state index in [4.69, 9.17) is 5.84 Å². The van der Waals surface area contributed by atoms with Crippen LogP contribution in [0.5, 0.6) is 0 Å². The Morgan fingerprint density at radius 1 is 1.56 bits per heavy atom. The van der Waals surface area contributed by atoms with Gasteiger partial charge in [-0.05, 0) is 6.92 Å². The fourth-order valence-corrected chi connectivity index (χ4v) is 0.615. The van der Waals surface area contributed by atoms with Gasteiger partial charge in [-0.25, -0.2) is 15.8 Å². The highest BCUT2D eigenvalue weighted by molar-refractivity contribution is 6.10. The Kier molecular flexibility index (Phi) is 1.32. The number of hydrogen-bond donors (Lipinski definition) is 2. The molecule has 3 N–H and O–H groups in total. The first-order valence-electron chi connectivity index (χ1n) is 2.54. The van der Waals surface area contributed by atoms with Crippen molar-refractivity contribution in [1.82, 2.24) is 5.43 Å². The maximum atomic E-state index is 5.07. The predicted octanol–water partition coefficient (Wildman–Crippen LogP) is -0.206. The molecule has 0 saturated heterocycles. The molecule has 0 radical (unpaired) electrons. The number of hydrazine groups is 1. The molecule has 1 aliphatic heterocycles. The van der Waals surface area contributed by atoms with Gasteiger partial charge in [0.25, 0.3) is 0 Å². The second-order valence-corrected chi connectivity index (χ2v) is 1.71. The molecule has 0 fully saturated rings. The Morgan fingerprint density at radius 2 is 2.22 bits per heavy atom. The van der Waals surface area contributed by atoms with Crippen molar-refractivity contribution in [2.45, 2.75) is 6.92 Å². The number of aliphatic imine (C=N–C) groups is 2. The monoisotopic (exact) mass is 124 g/mol. The topological polar surface area (TPSA) is 62.8 Å². The average Bonchev–Trinajstić information content (AvgIpc) is 2.10. The van der Waals surface area contributed by atoms with Crippen LogP contribution in [0.4, 0.5) is 0 Å². The number of nitrogens with zero attached hydrogens (tertiary/aromatic N) is 2. The molecule has 0 atom stereocenters. The van der Waals surface area contributed by atoms with Gasteiger partial charge >= 0.3 is 0 Å². The van der Waals surface area contributed by atoms with Crippen molar-refractivity contribution >= 4 is 11.7 Å². The molecule has 4 heteroatoms. The van der Waals surface area contributed by atoms with Gasteiger partial charge < -0.3 is 5.43 Å². The number of nitrogens with one attached hydrogen (secondary N) is 1. The molecular formula is C5H8N4. The third kappa shape index (κ3) is 0.972. The van der Waals surface area contributed by atoms with Crippen LogP contribution in [0.25, 0.3) is 0 Å². The summed E-state index contributed by atoms with van der Waals surface area (Å²) in [5.74, 6) is 6.31. The molecule has 0 aliphatic carbocycles. The van der Waals surface area contributed by atoms with E-state index in [2.05, 4.69) is 22.0 Å². The van der Waals surface area contributed by atoms with E-state index in [-0.39, 0.29) is 0 Å². The third-order valence-electron chi connectivity index (χ3n) is 0.980. The summed E-state index contributed by atoms with van der Waals surface area (Å²) in [6, 6.07) is 0. The molecule has 1 heterocycles. The number of nitrogens with two attached hydrogens (primary N) is 1. The average molecular weight is 124 g/mol. The van der Waals surface area contributed by atoms with Gasteiger partial charge in [0.15, 0.2) is 5.84 Å². The van der Waals surface area contributed by atoms with Crippen LogP contribution in [0, 0.1) is 0 Å². The van der Waals surface area contributed by atoms with Crippen molar-refractivity contribution in [2.75, 3.05) is 0 Å². The molecule has 4 nitrogen and oxygen atoms in total.